The van der Waals surface area contributed by atoms with Gasteiger partial charge in [0.15, 0.2) is 16.6 Å². The fourth-order valence-corrected chi connectivity index (χ4v) is 6.53. The van der Waals surface area contributed by atoms with Crippen molar-refractivity contribution in [3.8, 4) is 5.75 Å². The number of rotatable bonds is 16. The predicted molar refractivity (Wildman–Crippen MR) is 174 cm³/mol. The second kappa shape index (κ2) is 15.2. The maximum absolute atomic E-state index is 7.00. The number of hydrogen-bond donors (Lipinski definition) is 0. The minimum absolute atomic E-state index is 0.00563. The molecule has 0 unspecified atom stereocenters. The van der Waals surface area contributed by atoms with Crippen molar-refractivity contribution in [2.75, 3.05) is 20.3 Å². The van der Waals surface area contributed by atoms with Gasteiger partial charge in [-0.1, -0.05) is 92.3 Å². The van der Waals surface area contributed by atoms with Crippen molar-refractivity contribution in [1.82, 2.24) is 0 Å². The molecule has 0 saturated carbocycles. The Labute approximate surface area is 243 Å². The SMILES string of the molecule is C=CC=C[C@H](C)[C@H](O[Si](C)(C)C(C)(C)C)[C@H](C)CO[C@H](CCCO[Si](C)(C)C(C)(C)C)c1ccc(OC)cc1. The Morgan fingerprint density at radius 2 is 1.46 bits per heavy atom. The molecule has 1 aromatic rings. The summed E-state index contributed by atoms with van der Waals surface area (Å²) in [6, 6.07) is 8.30. The Morgan fingerprint density at radius 3 is 1.95 bits per heavy atom. The molecule has 39 heavy (non-hydrogen) atoms. The van der Waals surface area contributed by atoms with Gasteiger partial charge in [0.2, 0.25) is 0 Å². The van der Waals surface area contributed by atoms with Gasteiger partial charge < -0.3 is 18.3 Å². The summed E-state index contributed by atoms with van der Waals surface area (Å²) in [5.74, 6) is 1.35. The quantitative estimate of drug-likeness (QED) is 0.111. The third-order valence-electron chi connectivity index (χ3n) is 8.79. The van der Waals surface area contributed by atoms with Gasteiger partial charge in [-0.15, -0.1) is 0 Å². The van der Waals surface area contributed by atoms with Gasteiger partial charge in [0.25, 0.3) is 0 Å². The van der Waals surface area contributed by atoms with Crippen molar-refractivity contribution in [2.45, 2.75) is 117 Å². The van der Waals surface area contributed by atoms with Crippen LogP contribution in [0.15, 0.2) is 49.1 Å². The highest BCUT2D eigenvalue weighted by Crippen LogP contribution is 2.40. The summed E-state index contributed by atoms with van der Waals surface area (Å²) in [7, 11) is -2.03. The van der Waals surface area contributed by atoms with Crippen molar-refractivity contribution < 1.29 is 18.3 Å². The molecule has 0 bridgehead atoms. The third-order valence-corrected chi connectivity index (χ3v) is 17.8. The second-order valence-electron chi connectivity index (χ2n) is 14.1. The Bertz CT molecular complexity index is 878. The maximum atomic E-state index is 7.00. The first-order valence-electron chi connectivity index (χ1n) is 14.7. The summed E-state index contributed by atoms with van der Waals surface area (Å²) < 4.78 is 25.6. The lowest BCUT2D eigenvalue weighted by Crippen LogP contribution is -2.47. The average molecular weight is 577 g/mol. The van der Waals surface area contributed by atoms with Crippen LogP contribution in [0.2, 0.25) is 36.3 Å². The van der Waals surface area contributed by atoms with E-state index < -0.39 is 16.6 Å². The number of methoxy groups -OCH3 is 1. The molecule has 0 saturated heterocycles. The van der Waals surface area contributed by atoms with E-state index in [0.717, 1.165) is 25.2 Å². The zero-order chi connectivity index (χ0) is 30.1. The molecule has 4 nitrogen and oxygen atoms in total. The van der Waals surface area contributed by atoms with Crippen molar-refractivity contribution >= 4 is 16.6 Å². The molecular formula is C33H60O4Si2. The van der Waals surface area contributed by atoms with Crippen LogP contribution < -0.4 is 4.74 Å². The molecule has 1 aromatic carbocycles. The van der Waals surface area contributed by atoms with Gasteiger partial charge in [0.05, 0.1) is 25.9 Å². The highest BCUT2D eigenvalue weighted by Gasteiger charge is 2.41. The monoisotopic (exact) mass is 576 g/mol. The molecule has 0 aliphatic carbocycles. The summed E-state index contributed by atoms with van der Waals surface area (Å²) in [5, 5.41) is 0.355. The van der Waals surface area contributed by atoms with Gasteiger partial charge in [0, 0.05) is 12.5 Å². The first kappa shape index (κ1) is 35.8. The van der Waals surface area contributed by atoms with E-state index in [1.807, 2.05) is 24.3 Å². The van der Waals surface area contributed by atoms with E-state index in [1.54, 1.807) is 7.11 Å². The Kier molecular flexibility index (Phi) is 13.9. The van der Waals surface area contributed by atoms with E-state index in [9.17, 15) is 0 Å². The molecule has 224 valence electrons. The van der Waals surface area contributed by atoms with E-state index >= 15 is 0 Å². The van der Waals surface area contributed by atoms with Crippen LogP contribution in [-0.2, 0) is 13.6 Å². The van der Waals surface area contributed by atoms with Crippen LogP contribution in [-0.4, -0.2) is 43.1 Å². The second-order valence-corrected chi connectivity index (χ2v) is 23.7. The Balaban J connectivity index is 3.06. The van der Waals surface area contributed by atoms with E-state index in [2.05, 4.69) is 106 Å². The molecule has 0 amide bonds. The van der Waals surface area contributed by atoms with Gasteiger partial charge in [-0.25, -0.2) is 0 Å². The van der Waals surface area contributed by atoms with E-state index in [1.165, 1.54) is 5.56 Å². The topological polar surface area (TPSA) is 36.9 Å². The average Bonchev–Trinajstić information content (AvgIpc) is 2.83. The summed E-state index contributed by atoms with van der Waals surface area (Å²) >= 11 is 0. The Morgan fingerprint density at radius 1 is 0.897 bits per heavy atom. The van der Waals surface area contributed by atoms with E-state index in [0.29, 0.717) is 6.61 Å². The van der Waals surface area contributed by atoms with Crippen LogP contribution in [0.5, 0.6) is 5.75 Å². The minimum atomic E-state index is -1.96. The molecule has 0 aromatic heterocycles. The van der Waals surface area contributed by atoms with Gasteiger partial charge >= 0.3 is 0 Å². The highest BCUT2D eigenvalue weighted by atomic mass is 28.4. The van der Waals surface area contributed by atoms with Crippen LogP contribution in [0.25, 0.3) is 0 Å². The van der Waals surface area contributed by atoms with E-state index in [4.69, 9.17) is 18.3 Å². The lowest BCUT2D eigenvalue weighted by molar-refractivity contribution is -0.0167. The maximum Gasteiger partial charge on any atom is 0.192 e. The molecule has 0 aliphatic rings. The molecular weight excluding hydrogens is 517 g/mol. The smallest absolute Gasteiger partial charge is 0.192 e. The van der Waals surface area contributed by atoms with Crippen molar-refractivity contribution in [3.05, 3.63) is 54.6 Å². The number of benzene rings is 1. The molecule has 4 atom stereocenters. The van der Waals surface area contributed by atoms with Gasteiger partial charge in [-0.05, 0) is 72.7 Å². The van der Waals surface area contributed by atoms with Crippen LogP contribution >= 0.6 is 0 Å². The molecule has 0 N–H and O–H groups in total. The number of ether oxygens (including phenoxy) is 2. The van der Waals surface area contributed by atoms with Crippen molar-refractivity contribution in [2.24, 2.45) is 11.8 Å². The molecule has 0 radical (unpaired) electrons. The van der Waals surface area contributed by atoms with E-state index in [-0.39, 0.29) is 34.1 Å². The molecule has 0 spiro atoms. The summed E-state index contributed by atoms with van der Waals surface area (Å²) in [6.07, 6.45) is 8.01. The van der Waals surface area contributed by atoms with Crippen LogP contribution in [0, 0.1) is 11.8 Å². The molecule has 0 fully saturated rings. The minimum Gasteiger partial charge on any atom is -0.497 e. The number of allylic oxidation sites excluding steroid dienone is 2. The zero-order valence-corrected chi connectivity index (χ0v) is 29.5. The lowest BCUT2D eigenvalue weighted by Gasteiger charge is -2.42. The van der Waals surface area contributed by atoms with Gasteiger partial charge in [0.1, 0.15) is 5.75 Å². The predicted octanol–water partition coefficient (Wildman–Crippen LogP) is 9.96. The third kappa shape index (κ3) is 11.3. The Hall–Kier alpha value is -1.19. The van der Waals surface area contributed by atoms with Crippen molar-refractivity contribution in [3.63, 3.8) is 0 Å². The molecule has 0 heterocycles. The zero-order valence-electron chi connectivity index (χ0n) is 27.5. The van der Waals surface area contributed by atoms with Crippen LogP contribution in [0.1, 0.15) is 79.9 Å². The largest absolute Gasteiger partial charge is 0.497 e. The number of hydrogen-bond acceptors (Lipinski definition) is 4. The molecule has 0 aliphatic heterocycles. The summed E-state index contributed by atoms with van der Waals surface area (Å²) in [5.41, 5.74) is 1.18. The first-order chi connectivity index (χ1) is 17.9. The standard InChI is InChI=1S/C33H60O4Si2/c1-15-16-18-26(2)31(37-39(13,14)33(7,8)9)27(3)25-35-30(28-20-22-29(34-10)23-21-28)19-17-24-36-38(11,12)32(4,5)6/h15-16,18,20-23,26-27,30-31H,1,17,19,24-25H2,2-14H3/t26-,27+,30+,31-/m0/s1. The highest BCUT2D eigenvalue weighted by molar-refractivity contribution is 6.74. The molecule has 1 rings (SSSR count). The fourth-order valence-electron chi connectivity index (χ4n) is 3.96. The summed E-state index contributed by atoms with van der Waals surface area (Å²) in [4.78, 5) is 0. The first-order valence-corrected chi connectivity index (χ1v) is 20.5. The fraction of sp³-hybridized carbons (Fsp3) is 0.697. The van der Waals surface area contributed by atoms with Crippen LogP contribution in [0.4, 0.5) is 0 Å². The van der Waals surface area contributed by atoms with Gasteiger partial charge in [-0.3, -0.25) is 0 Å². The lowest BCUT2D eigenvalue weighted by atomic mass is 9.93. The van der Waals surface area contributed by atoms with Gasteiger partial charge in [-0.2, -0.15) is 0 Å². The summed E-state index contributed by atoms with van der Waals surface area (Å²) in [6.45, 7) is 32.8. The molecule has 6 heteroatoms. The van der Waals surface area contributed by atoms with Crippen molar-refractivity contribution in [1.29, 1.82) is 0 Å². The normalized spacial score (nSPS) is 16.6. The van der Waals surface area contributed by atoms with Crippen LogP contribution in [0.3, 0.4) is 0 Å².